The van der Waals surface area contributed by atoms with Crippen LogP contribution in [0.2, 0.25) is 0 Å². The third-order valence-electron chi connectivity index (χ3n) is 3.92. The molecule has 2 heterocycles. The molecule has 122 valence electrons. The third-order valence-corrected chi connectivity index (χ3v) is 3.92. The number of carbonyl (C=O) groups excluding carboxylic acids is 1. The van der Waals surface area contributed by atoms with Crippen molar-refractivity contribution in [3.63, 3.8) is 0 Å². The Labute approximate surface area is 136 Å². The molecule has 1 fully saturated rings. The van der Waals surface area contributed by atoms with Crippen LogP contribution in [0.4, 0.5) is 0 Å². The highest BCUT2D eigenvalue weighted by Crippen LogP contribution is 2.11. The number of benzene rings is 1. The van der Waals surface area contributed by atoms with Crippen molar-refractivity contribution in [2.75, 3.05) is 32.8 Å². The molecule has 6 heteroatoms. The largest absolute Gasteiger partial charge is 0.379 e. The number of rotatable bonds is 5. The molecule has 1 atom stereocenters. The summed E-state index contributed by atoms with van der Waals surface area (Å²) in [5.74, 6) is -0.105. The number of ether oxygens (including phenoxy) is 1. The fourth-order valence-electron chi connectivity index (χ4n) is 2.77. The van der Waals surface area contributed by atoms with Gasteiger partial charge in [-0.3, -0.25) is 14.3 Å². The van der Waals surface area contributed by atoms with E-state index >= 15 is 0 Å². The Kier molecular flexibility index (Phi) is 5.05. The topological polar surface area (TPSA) is 59.4 Å². The van der Waals surface area contributed by atoms with Gasteiger partial charge in [-0.2, -0.15) is 0 Å². The molecule has 2 aromatic rings. The molecule has 0 saturated carbocycles. The van der Waals surface area contributed by atoms with E-state index in [2.05, 4.69) is 15.2 Å². The number of nitrogens with zero attached hydrogens (tertiary/aromatic N) is 3. The van der Waals surface area contributed by atoms with Crippen LogP contribution in [-0.2, 0) is 4.74 Å². The first kappa shape index (κ1) is 15.7. The average Bonchev–Trinajstić information content (AvgIpc) is 3.06. The Morgan fingerprint density at radius 1 is 1.30 bits per heavy atom. The lowest BCUT2D eigenvalue weighted by molar-refractivity contribution is 0.0342. The van der Waals surface area contributed by atoms with E-state index in [1.807, 2.05) is 37.3 Å². The first-order valence-electron chi connectivity index (χ1n) is 7.93. The molecule has 0 aliphatic carbocycles. The predicted molar refractivity (Wildman–Crippen MR) is 87.8 cm³/mol. The normalized spacial score (nSPS) is 16.9. The standard InChI is InChI=1S/C17H22N4O2/c1-14(12-20-7-9-23-10-8-20)19-17(22)16-11-18-13-21(16)15-5-3-2-4-6-15/h2-6,11,13-14H,7-10,12H2,1H3,(H,19,22). The van der Waals surface area contributed by atoms with Crippen LogP contribution in [0.3, 0.4) is 0 Å². The van der Waals surface area contributed by atoms with Gasteiger partial charge in [0, 0.05) is 31.4 Å². The van der Waals surface area contributed by atoms with Crippen LogP contribution >= 0.6 is 0 Å². The Morgan fingerprint density at radius 3 is 2.78 bits per heavy atom. The zero-order valence-electron chi connectivity index (χ0n) is 13.3. The second-order valence-electron chi connectivity index (χ2n) is 5.77. The fourth-order valence-corrected chi connectivity index (χ4v) is 2.77. The minimum Gasteiger partial charge on any atom is -0.379 e. The highest BCUT2D eigenvalue weighted by molar-refractivity contribution is 5.93. The lowest BCUT2D eigenvalue weighted by Gasteiger charge is -2.29. The third kappa shape index (κ3) is 3.97. The minimum absolute atomic E-state index is 0.0692. The van der Waals surface area contributed by atoms with E-state index in [1.54, 1.807) is 17.1 Å². The van der Waals surface area contributed by atoms with Crippen molar-refractivity contribution in [1.82, 2.24) is 19.8 Å². The Bertz CT molecular complexity index is 635. The monoisotopic (exact) mass is 314 g/mol. The van der Waals surface area contributed by atoms with Crippen LogP contribution in [0.1, 0.15) is 17.4 Å². The number of hydrogen-bond acceptors (Lipinski definition) is 4. The summed E-state index contributed by atoms with van der Waals surface area (Å²) >= 11 is 0. The summed E-state index contributed by atoms with van der Waals surface area (Å²) in [6.45, 7) is 6.22. The van der Waals surface area contributed by atoms with E-state index < -0.39 is 0 Å². The van der Waals surface area contributed by atoms with Gasteiger partial charge in [0.1, 0.15) is 5.69 Å². The predicted octanol–water partition coefficient (Wildman–Crippen LogP) is 1.32. The maximum atomic E-state index is 12.5. The van der Waals surface area contributed by atoms with Crippen molar-refractivity contribution in [2.24, 2.45) is 0 Å². The van der Waals surface area contributed by atoms with Crippen LogP contribution in [0.25, 0.3) is 5.69 Å². The molecule has 1 aliphatic heterocycles. The highest BCUT2D eigenvalue weighted by Gasteiger charge is 2.18. The molecular formula is C17H22N4O2. The highest BCUT2D eigenvalue weighted by atomic mass is 16.5. The van der Waals surface area contributed by atoms with Crippen LogP contribution in [0.15, 0.2) is 42.9 Å². The quantitative estimate of drug-likeness (QED) is 0.904. The number of aromatic nitrogens is 2. The van der Waals surface area contributed by atoms with Gasteiger partial charge in [0.2, 0.25) is 0 Å². The zero-order valence-corrected chi connectivity index (χ0v) is 13.3. The fraction of sp³-hybridized carbons (Fsp3) is 0.412. The van der Waals surface area contributed by atoms with Crippen LogP contribution < -0.4 is 5.32 Å². The molecule has 1 N–H and O–H groups in total. The SMILES string of the molecule is CC(CN1CCOCC1)NC(=O)c1cncn1-c1ccccc1. The molecule has 3 rings (SSSR count). The lowest BCUT2D eigenvalue weighted by Crippen LogP contribution is -2.46. The second-order valence-corrected chi connectivity index (χ2v) is 5.77. The molecule has 1 amide bonds. The lowest BCUT2D eigenvalue weighted by atomic mass is 10.2. The molecule has 1 saturated heterocycles. The zero-order chi connectivity index (χ0) is 16.1. The maximum absolute atomic E-state index is 12.5. The number of hydrogen-bond donors (Lipinski definition) is 1. The number of morpholine rings is 1. The number of amides is 1. The molecule has 0 radical (unpaired) electrons. The average molecular weight is 314 g/mol. The number of nitrogens with one attached hydrogen (secondary N) is 1. The molecule has 0 bridgehead atoms. The number of imidazole rings is 1. The summed E-state index contributed by atoms with van der Waals surface area (Å²) in [5.41, 5.74) is 1.47. The van der Waals surface area contributed by atoms with Crippen LogP contribution in [-0.4, -0.2) is 59.2 Å². The van der Waals surface area contributed by atoms with Crippen molar-refractivity contribution in [2.45, 2.75) is 13.0 Å². The first-order chi connectivity index (χ1) is 11.2. The van der Waals surface area contributed by atoms with Crippen molar-refractivity contribution in [3.8, 4) is 5.69 Å². The Hall–Kier alpha value is -2.18. The Morgan fingerprint density at radius 2 is 2.04 bits per heavy atom. The molecule has 0 spiro atoms. The molecule has 1 unspecified atom stereocenters. The van der Waals surface area contributed by atoms with Crippen molar-refractivity contribution in [1.29, 1.82) is 0 Å². The van der Waals surface area contributed by atoms with Gasteiger partial charge in [0.25, 0.3) is 5.91 Å². The summed E-state index contributed by atoms with van der Waals surface area (Å²) < 4.78 is 7.15. The molecular weight excluding hydrogens is 292 g/mol. The minimum atomic E-state index is -0.105. The number of carbonyl (C=O) groups is 1. The molecule has 23 heavy (non-hydrogen) atoms. The summed E-state index contributed by atoms with van der Waals surface area (Å²) in [7, 11) is 0. The summed E-state index contributed by atoms with van der Waals surface area (Å²) in [6, 6.07) is 9.81. The van der Waals surface area contributed by atoms with E-state index in [-0.39, 0.29) is 11.9 Å². The van der Waals surface area contributed by atoms with Gasteiger partial charge >= 0.3 is 0 Å². The molecule has 1 aliphatic rings. The van der Waals surface area contributed by atoms with Gasteiger partial charge in [-0.1, -0.05) is 18.2 Å². The molecule has 1 aromatic heterocycles. The first-order valence-corrected chi connectivity index (χ1v) is 7.93. The van der Waals surface area contributed by atoms with Gasteiger partial charge in [0.15, 0.2) is 0 Å². The van der Waals surface area contributed by atoms with Gasteiger partial charge in [-0.25, -0.2) is 4.98 Å². The van der Waals surface area contributed by atoms with Gasteiger partial charge < -0.3 is 10.1 Å². The molecule has 1 aromatic carbocycles. The van der Waals surface area contributed by atoms with E-state index in [0.29, 0.717) is 5.69 Å². The van der Waals surface area contributed by atoms with Crippen LogP contribution in [0.5, 0.6) is 0 Å². The Balaban J connectivity index is 1.63. The smallest absolute Gasteiger partial charge is 0.270 e. The summed E-state index contributed by atoms with van der Waals surface area (Å²) in [5, 5.41) is 3.06. The summed E-state index contributed by atoms with van der Waals surface area (Å²) in [6.07, 6.45) is 3.26. The van der Waals surface area contributed by atoms with Gasteiger partial charge in [0.05, 0.1) is 25.7 Å². The molecule has 6 nitrogen and oxygen atoms in total. The van der Waals surface area contributed by atoms with E-state index in [1.165, 1.54) is 0 Å². The van der Waals surface area contributed by atoms with E-state index in [4.69, 9.17) is 4.74 Å². The van der Waals surface area contributed by atoms with Crippen LogP contribution in [0, 0.1) is 0 Å². The van der Waals surface area contributed by atoms with Gasteiger partial charge in [-0.15, -0.1) is 0 Å². The van der Waals surface area contributed by atoms with Crippen molar-refractivity contribution < 1.29 is 9.53 Å². The number of para-hydroxylation sites is 1. The van der Waals surface area contributed by atoms with E-state index in [9.17, 15) is 4.79 Å². The van der Waals surface area contributed by atoms with Gasteiger partial charge in [-0.05, 0) is 19.1 Å². The van der Waals surface area contributed by atoms with Crippen molar-refractivity contribution >= 4 is 5.91 Å². The second kappa shape index (κ2) is 7.39. The van der Waals surface area contributed by atoms with E-state index in [0.717, 1.165) is 38.5 Å². The van der Waals surface area contributed by atoms with Crippen molar-refractivity contribution in [3.05, 3.63) is 48.5 Å². The maximum Gasteiger partial charge on any atom is 0.270 e. The summed E-state index contributed by atoms with van der Waals surface area (Å²) in [4.78, 5) is 19.0.